The molecule has 0 aliphatic carbocycles. The third-order valence-electron chi connectivity index (χ3n) is 4.66. The predicted octanol–water partition coefficient (Wildman–Crippen LogP) is 4.49. The van der Waals surface area contributed by atoms with E-state index in [1.807, 2.05) is 68.4 Å². The Morgan fingerprint density at radius 3 is 2.09 bits per heavy atom. The molecule has 1 aliphatic heterocycles. The summed E-state index contributed by atoms with van der Waals surface area (Å²) >= 11 is 0. The molecular weight excluding hydrogens is 284 g/mol. The number of nitrogens with zero attached hydrogens (tertiary/aromatic N) is 1. The maximum absolute atomic E-state index is 12.9. The van der Waals surface area contributed by atoms with Crippen molar-refractivity contribution >= 4 is 17.2 Å². The Balaban J connectivity index is 1.72. The first-order valence-corrected chi connectivity index (χ1v) is 8.29. The van der Waals surface area contributed by atoms with Gasteiger partial charge in [0.05, 0.1) is 5.54 Å². The highest BCUT2D eigenvalue weighted by Crippen LogP contribution is 2.26. The van der Waals surface area contributed by atoms with Crippen molar-refractivity contribution in [1.82, 2.24) is 4.90 Å². The molecule has 23 heavy (non-hydrogen) atoms. The second-order valence-electron chi connectivity index (χ2n) is 6.65. The molecule has 1 fully saturated rings. The van der Waals surface area contributed by atoms with Crippen LogP contribution in [0.1, 0.15) is 37.0 Å². The van der Waals surface area contributed by atoms with Gasteiger partial charge in [-0.1, -0.05) is 18.2 Å². The van der Waals surface area contributed by atoms with Crippen molar-refractivity contribution < 1.29 is 4.79 Å². The molecule has 120 valence electrons. The monoisotopic (exact) mass is 308 g/mol. The van der Waals surface area contributed by atoms with Crippen molar-refractivity contribution in [1.29, 1.82) is 0 Å². The largest absolute Gasteiger partial charge is 0.356 e. The Labute approximate surface area is 138 Å². The second kappa shape index (κ2) is 6.55. The molecule has 1 N–H and O–H groups in total. The zero-order valence-electron chi connectivity index (χ0n) is 13.9. The molecule has 0 aromatic heterocycles. The number of para-hydroxylation sites is 1. The maximum atomic E-state index is 12.9. The number of benzene rings is 2. The van der Waals surface area contributed by atoms with Crippen LogP contribution in [0.25, 0.3) is 0 Å². The molecule has 1 aliphatic rings. The summed E-state index contributed by atoms with van der Waals surface area (Å²) in [5.41, 5.74) is 2.39. The van der Waals surface area contributed by atoms with Crippen LogP contribution < -0.4 is 5.32 Å². The van der Waals surface area contributed by atoms with Gasteiger partial charge in [-0.3, -0.25) is 9.69 Å². The van der Waals surface area contributed by atoms with E-state index in [-0.39, 0.29) is 5.78 Å². The zero-order valence-corrected chi connectivity index (χ0v) is 13.9. The summed E-state index contributed by atoms with van der Waals surface area (Å²) in [5, 5.41) is 3.34. The fraction of sp³-hybridized carbons (Fsp3) is 0.350. The molecule has 1 saturated heterocycles. The number of carbonyl (C=O) groups excluding carboxylic acids is 1. The number of hydrogen-bond acceptors (Lipinski definition) is 3. The standard InChI is InChI=1S/C20H24N2O/c1-20(2,22-14-6-7-15-22)19(23)16-10-12-18(13-11-16)21-17-8-4-3-5-9-17/h3-5,8-13,21H,6-7,14-15H2,1-2H3. The van der Waals surface area contributed by atoms with Gasteiger partial charge in [-0.2, -0.15) is 0 Å². The van der Waals surface area contributed by atoms with Crippen LogP contribution in [-0.4, -0.2) is 29.3 Å². The molecule has 0 amide bonds. The first-order chi connectivity index (χ1) is 11.1. The lowest BCUT2D eigenvalue weighted by Gasteiger charge is -2.34. The van der Waals surface area contributed by atoms with E-state index >= 15 is 0 Å². The van der Waals surface area contributed by atoms with Gasteiger partial charge in [-0.25, -0.2) is 0 Å². The van der Waals surface area contributed by atoms with Gasteiger partial charge in [0.25, 0.3) is 0 Å². The average molecular weight is 308 g/mol. The van der Waals surface area contributed by atoms with Crippen LogP contribution in [-0.2, 0) is 0 Å². The lowest BCUT2D eigenvalue weighted by atomic mass is 9.91. The summed E-state index contributed by atoms with van der Waals surface area (Å²) in [5.74, 6) is 0.200. The van der Waals surface area contributed by atoms with Crippen LogP contribution in [0.15, 0.2) is 54.6 Å². The number of carbonyl (C=O) groups is 1. The minimum Gasteiger partial charge on any atom is -0.356 e. The SMILES string of the molecule is CC(C)(C(=O)c1ccc(Nc2ccccc2)cc1)N1CCCC1. The third kappa shape index (κ3) is 3.45. The molecule has 3 heteroatoms. The second-order valence-corrected chi connectivity index (χ2v) is 6.65. The van der Waals surface area contributed by atoms with Crippen LogP contribution in [0.5, 0.6) is 0 Å². The van der Waals surface area contributed by atoms with E-state index in [9.17, 15) is 4.79 Å². The molecular formula is C20H24N2O. The highest BCUT2D eigenvalue weighted by molar-refractivity contribution is 6.03. The van der Waals surface area contributed by atoms with E-state index in [0.29, 0.717) is 0 Å². The molecule has 2 aromatic carbocycles. The molecule has 1 heterocycles. The summed E-state index contributed by atoms with van der Waals surface area (Å²) in [4.78, 5) is 15.2. The number of Topliss-reactive ketones (excluding diaryl/α,β-unsaturated/α-hetero) is 1. The molecule has 0 spiro atoms. The number of hydrogen-bond donors (Lipinski definition) is 1. The van der Waals surface area contributed by atoms with Crippen molar-refractivity contribution in [3.05, 3.63) is 60.2 Å². The quantitative estimate of drug-likeness (QED) is 0.826. The molecule has 0 saturated carbocycles. The number of nitrogens with one attached hydrogen (secondary N) is 1. The molecule has 2 aromatic rings. The molecule has 0 radical (unpaired) electrons. The Hall–Kier alpha value is -2.13. The Kier molecular flexibility index (Phi) is 4.49. The molecule has 0 atom stereocenters. The van der Waals surface area contributed by atoms with E-state index in [1.54, 1.807) is 0 Å². The van der Waals surface area contributed by atoms with Gasteiger partial charge < -0.3 is 5.32 Å². The molecule has 0 bridgehead atoms. The predicted molar refractivity (Wildman–Crippen MR) is 95.4 cm³/mol. The first-order valence-electron chi connectivity index (χ1n) is 8.29. The Morgan fingerprint density at radius 2 is 1.48 bits per heavy atom. The van der Waals surface area contributed by atoms with Gasteiger partial charge >= 0.3 is 0 Å². The average Bonchev–Trinajstić information content (AvgIpc) is 3.11. The smallest absolute Gasteiger partial charge is 0.182 e. The van der Waals surface area contributed by atoms with E-state index in [1.165, 1.54) is 12.8 Å². The van der Waals surface area contributed by atoms with Crippen molar-refractivity contribution in [2.24, 2.45) is 0 Å². The lowest BCUT2D eigenvalue weighted by molar-refractivity contribution is 0.0702. The number of anilines is 2. The van der Waals surface area contributed by atoms with Gasteiger partial charge in [-0.05, 0) is 76.2 Å². The van der Waals surface area contributed by atoms with Gasteiger partial charge in [0, 0.05) is 16.9 Å². The minimum atomic E-state index is -0.426. The van der Waals surface area contributed by atoms with Crippen molar-refractivity contribution in [3.63, 3.8) is 0 Å². The van der Waals surface area contributed by atoms with Crippen molar-refractivity contribution in [2.75, 3.05) is 18.4 Å². The van der Waals surface area contributed by atoms with E-state index < -0.39 is 5.54 Å². The topological polar surface area (TPSA) is 32.3 Å². The number of likely N-dealkylation sites (tertiary alicyclic amines) is 1. The van der Waals surface area contributed by atoms with Gasteiger partial charge in [0.1, 0.15) is 0 Å². The van der Waals surface area contributed by atoms with Crippen molar-refractivity contribution in [2.45, 2.75) is 32.2 Å². The van der Waals surface area contributed by atoms with E-state index in [4.69, 9.17) is 0 Å². The van der Waals surface area contributed by atoms with Crippen LogP contribution in [0.3, 0.4) is 0 Å². The fourth-order valence-electron chi connectivity index (χ4n) is 3.17. The number of ketones is 1. The van der Waals surface area contributed by atoms with Crippen LogP contribution in [0.2, 0.25) is 0 Å². The molecule has 3 nitrogen and oxygen atoms in total. The van der Waals surface area contributed by atoms with Crippen LogP contribution >= 0.6 is 0 Å². The highest BCUT2D eigenvalue weighted by Gasteiger charge is 2.36. The summed E-state index contributed by atoms with van der Waals surface area (Å²) in [6.45, 7) is 6.12. The summed E-state index contributed by atoms with van der Waals surface area (Å²) in [6.07, 6.45) is 2.38. The third-order valence-corrected chi connectivity index (χ3v) is 4.66. The molecule has 0 unspecified atom stereocenters. The Bertz CT molecular complexity index is 656. The lowest BCUT2D eigenvalue weighted by Crippen LogP contribution is -2.48. The summed E-state index contributed by atoms with van der Waals surface area (Å²) < 4.78 is 0. The Morgan fingerprint density at radius 1 is 0.913 bits per heavy atom. The highest BCUT2D eigenvalue weighted by atomic mass is 16.1. The molecule has 3 rings (SSSR count). The van der Waals surface area contributed by atoms with Gasteiger partial charge in [0.15, 0.2) is 5.78 Å². The van der Waals surface area contributed by atoms with Crippen LogP contribution in [0, 0.1) is 0 Å². The van der Waals surface area contributed by atoms with Gasteiger partial charge in [-0.15, -0.1) is 0 Å². The van der Waals surface area contributed by atoms with Crippen LogP contribution in [0.4, 0.5) is 11.4 Å². The van der Waals surface area contributed by atoms with Crippen molar-refractivity contribution in [3.8, 4) is 0 Å². The summed E-state index contributed by atoms with van der Waals surface area (Å²) in [7, 11) is 0. The first kappa shape index (κ1) is 15.8. The fourth-order valence-corrected chi connectivity index (χ4v) is 3.17. The van der Waals surface area contributed by atoms with E-state index in [0.717, 1.165) is 30.0 Å². The zero-order chi connectivity index (χ0) is 16.3. The number of rotatable bonds is 5. The normalized spacial score (nSPS) is 15.6. The maximum Gasteiger partial charge on any atom is 0.182 e. The summed E-state index contributed by atoms with van der Waals surface area (Å²) in [6, 6.07) is 17.8. The van der Waals surface area contributed by atoms with Gasteiger partial charge in [0.2, 0.25) is 0 Å². The van der Waals surface area contributed by atoms with E-state index in [2.05, 4.69) is 10.2 Å². The minimum absolute atomic E-state index is 0.200.